The highest BCUT2D eigenvalue weighted by Gasteiger charge is 2.27. The first-order chi connectivity index (χ1) is 7.74. The summed E-state index contributed by atoms with van der Waals surface area (Å²) in [5, 5.41) is 0. The highest BCUT2D eigenvalue weighted by atomic mass is 15.1. The van der Waals surface area contributed by atoms with E-state index in [1.165, 1.54) is 43.4 Å². The largest absolute Gasteiger partial charge is 0.399 e. The van der Waals surface area contributed by atoms with E-state index >= 15 is 0 Å². The van der Waals surface area contributed by atoms with Crippen LogP contribution in [0.15, 0.2) is 12.1 Å². The number of nitrogen functional groups attached to an aromatic ring is 1. The van der Waals surface area contributed by atoms with Crippen LogP contribution in [0.25, 0.3) is 0 Å². The predicted octanol–water partition coefficient (Wildman–Crippen LogP) is 2.52. The summed E-state index contributed by atoms with van der Waals surface area (Å²) >= 11 is 0. The summed E-state index contributed by atoms with van der Waals surface area (Å²) < 4.78 is 0. The van der Waals surface area contributed by atoms with Crippen molar-refractivity contribution in [3.8, 4) is 0 Å². The fourth-order valence-corrected chi connectivity index (χ4v) is 3.43. The smallest absolute Gasteiger partial charge is 0.0320 e. The van der Waals surface area contributed by atoms with Crippen molar-refractivity contribution in [2.45, 2.75) is 38.1 Å². The molecule has 0 aromatic heterocycles. The first-order valence-electron chi connectivity index (χ1n) is 6.34. The Bertz CT molecular complexity index is 411. The monoisotopic (exact) mass is 216 g/mol. The quantitative estimate of drug-likeness (QED) is 0.675. The molecule has 0 saturated carbocycles. The Balaban J connectivity index is 2.14. The lowest BCUT2D eigenvalue weighted by Gasteiger charge is -2.33. The number of benzene rings is 1. The lowest BCUT2D eigenvalue weighted by Crippen LogP contribution is -2.30. The van der Waals surface area contributed by atoms with Gasteiger partial charge in [0.25, 0.3) is 0 Å². The normalized spacial score (nSPS) is 24.9. The van der Waals surface area contributed by atoms with E-state index in [2.05, 4.69) is 24.1 Å². The minimum atomic E-state index is 0.756. The fourth-order valence-electron chi connectivity index (χ4n) is 3.43. The molecule has 0 saturated heterocycles. The van der Waals surface area contributed by atoms with Crippen LogP contribution in [-0.4, -0.2) is 18.5 Å². The van der Waals surface area contributed by atoms with Gasteiger partial charge in [-0.3, -0.25) is 0 Å². The second-order valence-corrected chi connectivity index (χ2v) is 5.39. The molecule has 1 heterocycles. The van der Waals surface area contributed by atoms with Gasteiger partial charge < -0.3 is 10.6 Å². The maximum atomic E-state index is 6.01. The average molecular weight is 216 g/mol. The zero-order valence-electron chi connectivity index (χ0n) is 10.00. The number of anilines is 1. The summed E-state index contributed by atoms with van der Waals surface area (Å²) in [5.41, 5.74) is 11.6. The maximum absolute atomic E-state index is 6.01. The van der Waals surface area contributed by atoms with Gasteiger partial charge in [0.2, 0.25) is 0 Å². The van der Waals surface area contributed by atoms with Crippen molar-refractivity contribution >= 4 is 5.69 Å². The van der Waals surface area contributed by atoms with Crippen molar-refractivity contribution in [1.29, 1.82) is 0 Å². The zero-order valence-corrected chi connectivity index (χ0v) is 10.00. The molecule has 0 amide bonds. The third-order valence-electron chi connectivity index (χ3n) is 4.00. The third-order valence-corrected chi connectivity index (χ3v) is 4.00. The molecule has 2 N–H and O–H groups in total. The predicted molar refractivity (Wildman–Crippen MR) is 67.5 cm³/mol. The molecule has 0 fully saturated rings. The highest BCUT2D eigenvalue weighted by molar-refractivity contribution is 5.52. The molecule has 2 nitrogen and oxygen atoms in total. The van der Waals surface area contributed by atoms with Gasteiger partial charge in [-0.2, -0.15) is 0 Å². The van der Waals surface area contributed by atoms with Crippen molar-refractivity contribution in [3.63, 3.8) is 0 Å². The van der Waals surface area contributed by atoms with Crippen molar-refractivity contribution < 1.29 is 0 Å². The molecule has 0 radical (unpaired) electrons. The molecular weight excluding hydrogens is 196 g/mol. The van der Waals surface area contributed by atoms with Crippen LogP contribution in [0.2, 0.25) is 0 Å². The summed E-state index contributed by atoms with van der Waals surface area (Å²) in [7, 11) is 2.22. The van der Waals surface area contributed by atoms with Gasteiger partial charge in [0, 0.05) is 18.8 Å². The van der Waals surface area contributed by atoms with Crippen molar-refractivity contribution in [2.24, 2.45) is 0 Å². The molecule has 1 aliphatic heterocycles. The Morgan fingerprint density at radius 2 is 2.06 bits per heavy atom. The van der Waals surface area contributed by atoms with E-state index in [1.807, 2.05) is 0 Å². The lowest BCUT2D eigenvalue weighted by molar-refractivity contribution is 0.274. The Labute approximate surface area is 97.4 Å². The Kier molecular flexibility index (Phi) is 2.40. The van der Waals surface area contributed by atoms with Gasteiger partial charge in [-0.15, -0.1) is 0 Å². The maximum Gasteiger partial charge on any atom is 0.0320 e. The summed E-state index contributed by atoms with van der Waals surface area (Å²) in [5.74, 6) is 0.756. The molecule has 0 unspecified atom stereocenters. The van der Waals surface area contributed by atoms with Crippen LogP contribution in [0.1, 0.15) is 41.9 Å². The Hall–Kier alpha value is -1.02. The van der Waals surface area contributed by atoms with Gasteiger partial charge in [-0.1, -0.05) is 6.42 Å². The van der Waals surface area contributed by atoms with Gasteiger partial charge in [-0.25, -0.2) is 0 Å². The first kappa shape index (κ1) is 10.2. The Morgan fingerprint density at radius 3 is 2.94 bits per heavy atom. The molecule has 1 atom stereocenters. The lowest BCUT2D eigenvalue weighted by atomic mass is 9.85. The van der Waals surface area contributed by atoms with E-state index in [0.29, 0.717) is 0 Å². The molecule has 1 aromatic carbocycles. The van der Waals surface area contributed by atoms with E-state index in [9.17, 15) is 0 Å². The number of hydrogen-bond donors (Lipinski definition) is 1. The average Bonchev–Trinajstić information content (AvgIpc) is 2.40. The first-order valence-corrected chi connectivity index (χ1v) is 6.34. The van der Waals surface area contributed by atoms with E-state index in [4.69, 9.17) is 5.73 Å². The van der Waals surface area contributed by atoms with Crippen LogP contribution in [0.5, 0.6) is 0 Å². The molecule has 1 aliphatic carbocycles. The second-order valence-electron chi connectivity index (χ2n) is 5.39. The summed E-state index contributed by atoms with van der Waals surface area (Å²) in [6.45, 7) is 2.30. The molecule has 16 heavy (non-hydrogen) atoms. The number of rotatable bonds is 0. The van der Waals surface area contributed by atoms with E-state index in [1.54, 1.807) is 5.56 Å². The van der Waals surface area contributed by atoms with Crippen LogP contribution < -0.4 is 5.73 Å². The van der Waals surface area contributed by atoms with Gasteiger partial charge in [-0.05, 0) is 61.1 Å². The Morgan fingerprint density at radius 1 is 1.25 bits per heavy atom. The molecule has 2 heteroatoms. The highest BCUT2D eigenvalue weighted by Crippen LogP contribution is 2.38. The third kappa shape index (κ3) is 1.61. The number of likely N-dealkylation sites (N-methyl/N-ethyl adjacent to an activating group) is 1. The van der Waals surface area contributed by atoms with E-state index in [-0.39, 0.29) is 0 Å². The summed E-state index contributed by atoms with van der Waals surface area (Å²) in [6.07, 6.45) is 5.28. The summed E-state index contributed by atoms with van der Waals surface area (Å²) in [6, 6.07) is 4.40. The van der Waals surface area contributed by atoms with E-state index in [0.717, 1.165) is 18.2 Å². The van der Waals surface area contributed by atoms with Gasteiger partial charge in [0.1, 0.15) is 0 Å². The van der Waals surface area contributed by atoms with E-state index < -0.39 is 0 Å². The minimum absolute atomic E-state index is 0.756. The zero-order chi connectivity index (χ0) is 11.1. The number of aryl methyl sites for hydroxylation is 1. The topological polar surface area (TPSA) is 29.3 Å². The standard InChI is InChI=1S/C14H20N2/c1-16-8-11-5-3-2-4-10-6-13(15)7-12(9-16)14(10)11/h6-7,11H,2-5,8-9,15H2,1H3/t11-/m0/s1. The number of nitrogens with zero attached hydrogens (tertiary/aromatic N) is 1. The molecule has 86 valence electrons. The van der Waals surface area contributed by atoms with Crippen molar-refractivity contribution in [3.05, 3.63) is 28.8 Å². The van der Waals surface area contributed by atoms with Crippen molar-refractivity contribution in [1.82, 2.24) is 4.90 Å². The molecular formula is C14H20N2. The van der Waals surface area contributed by atoms with Crippen LogP contribution in [0.4, 0.5) is 5.69 Å². The molecule has 0 spiro atoms. The van der Waals surface area contributed by atoms with Gasteiger partial charge in [0.05, 0.1) is 0 Å². The number of hydrogen-bond acceptors (Lipinski definition) is 2. The van der Waals surface area contributed by atoms with Crippen LogP contribution in [0.3, 0.4) is 0 Å². The molecule has 0 bridgehead atoms. The van der Waals surface area contributed by atoms with Crippen molar-refractivity contribution in [2.75, 3.05) is 19.3 Å². The van der Waals surface area contributed by atoms with Crippen LogP contribution in [-0.2, 0) is 13.0 Å². The van der Waals surface area contributed by atoms with Gasteiger partial charge in [0.15, 0.2) is 0 Å². The molecule has 2 aliphatic rings. The fraction of sp³-hybridized carbons (Fsp3) is 0.571. The minimum Gasteiger partial charge on any atom is -0.399 e. The van der Waals surface area contributed by atoms with Crippen LogP contribution in [0, 0.1) is 0 Å². The van der Waals surface area contributed by atoms with Gasteiger partial charge >= 0.3 is 0 Å². The van der Waals surface area contributed by atoms with Crippen LogP contribution >= 0.6 is 0 Å². The molecule has 1 aromatic rings. The molecule has 3 rings (SSSR count). The number of nitrogens with two attached hydrogens (primary N) is 1. The summed E-state index contributed by atoms with van der Waals surface area (Å²) in [4.78, 5) is 2.43. The second kappa shape index (κ2) is 3.77. The SMILES string of the molecule is CN1Cc2cc(N)cc3c2[C@@H](CCCC3)C1.